The average Bonchev–Trinajstić information content (AvgIpc) is 3.11. The van der Waals surface area contributed by atoms with E-state index in [9.17, 15) is 8.42 Å². The van der Waals surface area contributed by atoms with Crippen LogP contribution in [0.4, 0.5) is 0 Å². The van der Waals surface area contributed by atoms with Crippen molar-refractivity contribution in [2.75, 3.05) is 26.4 Å². The molecule has 1 aliphatic rings. The van der Waals surface area contributed by atoms with Gasteiger partial charge in [0.05, 0.1) is 21.2 Å². The first kappa shape index (κ1) is 19.5. The van der Waals surface area contributed by atoms with E-state index in [1.54, 1.807) is 29.5 Å². The molecule has 2 heterocycles. The highest BCUT2D eigenvalue weighted by Crippen LogP contribution is 2.35. The smallest absolute Gasteiger partial charge is 0.175 e. The van der Waals surface area contributed by atoms with Gasteiger partial charge >= 0.3 is 0 Å². The Hall–Kier alpha value is -1.80. The van der Waals surface area contributed by atoms with Crippen molar-refractivity contribution in [1.82, 2.24) is 9.88 Å². The first-order valence-corrected chi connectivity index (χ1v) is 12.1. The number of hydrogen-bond acceptors (Lipinski definition) is 6. The molecule has 28 heavy (non-hydrogen) atoms. The Morgan fingerprint density at radius 3 is 2.61 bits per heavy atom. The number of para-hydroxylation sites is 1. The van der Waals surface area contributed by atoms with E-state index in [-0.39, 0.29) is 12.2 Å². The quantitative estimate of drug-likeness (QED) is 0.631. The van der Waals surface area contributed by atoms with Crippen LogP contribution in [0.3, 0.4) is 0 Å². The lowest BCUT2D eigenvalue weighted by Crippen LogP contribution is -2.35. The van der Waals surface area contributed by atoms with Gasteiger partial charge in [-0.05, 0) is 49.7 Å². The maximum atomic E-state index is 12.1. The van der Waals surface area contributed by atoms with Gasteiger partial charge in [-0.25, -0.2) is 13.4 Å². The molecule has 4 rings (SSSR count). The van der Waals surface area contributed by atoms with Crippen molar-refractivity contribution >= 4 is 31.4 Å². The summed E-state index contributed by atoms with van der Waals surface area (Å²) in [6, 6.07) is 15.1. The van der Waals surface area contributed by atoms with Crippen molar-refractivity contribution in [1.29, 1.82) is 0 Å². The zero-order chi connectivity index (χ0) is 19.7. The number of hydrogen-bond donors (Lipinski definition) is 0. The predicted molar refractivity (Wildman–Crippen MR) is 113 cm³/mol. The molecule has 148 valence electrons. The molecule has 0 bridgehead atoms. The van der Waals surface area contributed by atoms with Gasteiger partial charge in [0, 0.05) is 19.3 Å². The highest BCUT2D eigenvalue weighted by atomic mass is 32.2. The lowest BCUT2D eigenvalue weighted by Gasteiger charge is -2.31. The second-order valence-electron chi connectivity index (χ2n) is 7.38. The molecule has 1 unspecified atom stereocenters. The van der Waals surface area contributed by atoms with Crippen LogP contribution in [-0.4, -0.2) is 50.8 Å². The summed E-state index contributed by atoms with van der Waals surface area (Å²) >= 11 is 1.61. The standard InChI is InChI=1S/C21H24N2O3S2/c1-23-12-10-16(11-13-23)26-20(15-6-5-7-17(14-15)28(2,24)25)21-22-18-8-3-4-9-19(18)27-21/h3-9,14,16,20H,10-13H2,1-2H3. The third-order valence-corrected chi connectivity index (χ3v) is 7.31. The van der Waals surface area contributed by atoms with Crippen molar-refractivity contribution in [3.05, 3.63) is 59.1 Å². The SMILES string of the molecule is CN1CCC(OC(c2cccc(S(C)(=O)=O)c2)c2nc3ccccc3s2)CC1. The zero-order valence-electron chi connectivity index (χ0n) is 16.0. The number of thiazole rings is 1. The van der Waals surface area contributed by atoms with Crippen LogP contribution in [0.25, 0.3) is 10.2 Å². The van der Waals surface area contributed by atoms with E-state index < -0.39 is 9.84 Å². The predicted octanol–water partition coefficient (Wildman–Crippen LogP) is 3.90. The minimum atomic E-state index is -3.29. The minimum absolute atomic E-state index is 0.134. The Balaban J connectivity index is 1.73. The second-order valence-corrected chi connectivity index (χ2v) is 10.5. The lowest BCUT2D eigenvalue weighted by molar-refractivity contribution is -0.0235. The molecule has 0 radical (unpaired) electrons. The highest BCUT2D eigenvalue weighted by molar-refractivity contribution is 7.90. The summed E-state index contributed by atoms with van der Waals surface area (Å²) in [5.74, 6) is 0. The molecule has 0 amide bonds. The Morgan fingerprint density at radius 1 is 1.14 bits per heavy atom. The zero-order valence-corrected chi connectivity index (χ0v) is 17.7. The third-order valence-electron chi connectivity index (χ3n) is 5.12. The minimum Gasteiger partial charge on any atom is -0.363 e. The number of aromatic nitrogens is 1. The number of piperidine rings is 1. The fraction of sp³-hybridized carbons (Fsp3) is 0.381. The molecule has 0 saturated carbocycles. The van der Waals surface area contributed by atoms with E-state index in [0.717, 1.165) is 46.7 Å². The molecule has 0 N–H and O–H groups in total. The normalized spacial score (nSPS) is 17.8. The van der Waals surface area contributed by atoms with Crippen molar-refractivity contribution in [3.63, 3.8) is 0 Å². The largest absolute Gasteiger partial charge is 0.363 e. The monoisotopic (exact) mass is 416 g/mol. The van der Waals surface area contributed by atoms with Gasteiger partial charge in [-0.3, -0.25) is 0 Å². The van der Waals surface area contributed by atoms with Gasteiger partial charge in [-0.2, -0.15) is 0 Å². The van der Waals surface area contributed by atoms with Crippen LogP contribution in [0.2, 0.25) is 0 Å². The van der Waals surface area contributed by atoms with E-state index >= 15 is 0 Å². The van der Waals surface area contributed by atoms with Crippen molar-refractivity contribution in [3.8, 4) is 0 Å². The Kier molecular flexibility index (Phi) is 5.51. The van der Waals surface area contributed by atoms with Crippen LogP contribution in [0.15, 0.2) is 53.4 Å². The molecule has 3 aromatic rings. The van der Waals surface area contributed by atoms with E-state index in [2.05, 4.69) is 18.0 Å². The van der Waals surface area contributed by atoms with Crippen LogP contribution < -0.4 is 0 Å². The number of nitrogens with zero attached hydrogens (tertiary/aromatic N) is 2. The fourth-order valence-corrected chi connectivity index (χ4v) is 5.21. The van der Waals surface area contributed by atoms with Crippen molar-refractivity contribution < 1.29 is 13.2 Å². The van der Waals surface area contributed by atoms with E-state index in [4.69, 9.17) is 9.72 Å². The van der Waals surface area contributed by atoms with Crippen molar-refractivity contribution in [2.45, 2.75) is 29.9 Å². The second kappa shape index (κ2) is 7.91. The summed E-state index contributed by atoms with van der Waals surface area (Å²) < 4.78 is 31.7. The number of sulfone groups is 1. The van der Waals surface area contributed by atoms with Gasteiger partial charge in [-0.15, -0.1) is 11.3 Å². The summed E-state index contributed by atoms with van der Waals surface area (Å²) in [6.07, 6.45) is 2.92. The van der Waals surface area contributed by atoms with Crippen molar-refractivity contribution in [2.24, 2.45) is 0 Å². The topological polar surface area (TPSA) is 59.5 Å². The Morgan fingerprint density at radius 2 is 1.89 bits per heavy atom. The highest BCUT2D eigenvalue weighted by Gasteiger charge is 2.26. The van der Waals surface area contributed by atoms with Gasteiger partial charge in [0.15, 0.2) is 9.84 Å². The molecule has 7 heteroatoms. The molecular weight excluding hydrogens is 392 g/mol. The molecule has 1 saturated heterocycles. The van der Waals surface area contributed by atoms with Crippen LogP contribution >= 0.6 is 11.3 Å². The van der Waals surface area contributed by atoms with Gasteiger partial charge in [0.1, 0.15) is 11.1 Å². The number of likely N-dealkylation sites (tertiary alicyclic amines) is 1. The van der Waals surface area contributed by atoms with Crippen LogP contribution in [0, 0.1) is 0 Å². The summed E-state index contributed by atoms with van der Waals surface area (Å²) in [6.45, 7) is 2.00. The number of ether oxygens (including phenoxy) is 1. The molecule has 2 aromatic carbocycles. The molecule has 1 aromatic heterocycles. The summed E-state index contributed by atoms with van der Waals surface area (Å²) in [7, 11) is -1.16. The Labute approximate surface area is 169 Å². The molecule has 1 aliphatic heterocycles. The molecule has 1 fully saturated rings. The number of fused-ring (bicyclic) bond motifs is 1. The van der Waals surface area contributed by atoms with Crippen LogP contribution in [0.1, 0.15) is 29.5 Å². The average molecular weight is 417 g/mol. The molecule has 5 nitrogen and oxygen atoms in total. The van der Waals surface area contributed by atoms with E-state index in [0.29, 0.717) is 4.90 Å². The van der Waals surface area contributed by atoms with E-state index in [1.807, 2.05) is 24.3 Å². The number of benzene rings is 2. The van der Waals surface area contributed by atoms with E-state index in [1.165, 1.54) is 6.26 Å². The molecule has 0 spiro atoms. The summed E-state index contributed by atoms with van der Waals surface area (Å²) in [4.78, 5) is 7.41. The Bertz CT molecular complexity index is 1040. The first-order chi connectivity index (χ1) is 13.4. The van der Waals surface area contributed by atoms with Gasteiger partial charge in [0.2, 0.25) is 0 Å². The maximum Gasteiger partial charge on any atom is 0.175 e. The summed E-state index contributed by atoms with van der Waals surface area (Å²) in [5, 5.41) is 0.866. The fourth-order valence-electron chi connectivity index (χ4n) is 3.50. The van der Waals surface area contributed by atoms with Crippen LogP contribution in [0.5, 0.6) is 0 Å². The van der Waals surface area contributed by atoms with Crippen LogP contribution in [-0.2, 0) is 14.6 Å². The maximum absolute atomic E-state index is 12.1. The molecule has 0 aliphatic carbocycles. The third kappa shape index (κ3) is 4.27. The number of rotatable bonds is 5. The summed E-state index contributed by atoms with van der Waals surface area (Å²) in [5.41, 5.74) is 1.78. The van der Waals surface area contributed by atoms with Gasteiger partial charge in [0.25, 0.3) is 0 Å². The first-order valence-electron chi connectivity index (χ1n) is 9.39. The lowest BCUT2D eigenvalue weighted by atomic mass is 10.1. The van der Waals surface area contributed by atoms with Gasteiger partial charge < -0.3 is 9.64 Å². The van der Waals surface area contributed by atoms with Gasteiger partial charge in [-0.1, -0.05) is 24.3 Å². The molecule has 1 atom stereocenters. The molecular formula is C21H24N2O3S2.